The van der Waals surface area contributed by atoms with Crippen molar-refractivity contribution in [3.05, 3.63) is 51.8 Å². The van der Waals surface area contributed by atoms with E-state index in [-0.39, 0.29) is 27.1 Å². The van der Waals surface area contributed by atoms with Crippen molar-refractivity contribution in [3.63, 3.8) is 0 Å². The lowest BCUT2D eigenvalue weighted by molar-refractivity contribution is -0.137. The first kappa shape index (κ1) is 15.7. The molecule has 2 aromatic rings. The minimum absolute atomic E-state index is 0.00891. The number of nitrogens with two attached hydrogens (primary N) is 1. The van der Waals surface area contributed by atoms with E-state index >= 15 is 0 Å². The van der Waals surface area contributed by atoms with Crippen LogP contribution in [0.2, 0.25) is 10.0 Å². The van der Waals surface area contributed by atoms with E-state index in [1.54, 1.807) is 0 Å². The Kier molecular flexibility index (Phi) is 4.20. The minimum Gasteiger partial charge on any atom is -0.397 e. The second-order valence-corrected chi connectivity index (χ2v) is 4.99. The highest BCUT2D eigenvalue weighted by Crippen LogP contribution is 2.36. The molecule has 0 radical (unpaired) electrons. The molecule has 2 nitrogen and oxygen atoms in total. The Morgan fingerprint density at radius 2 is 1.62 bits per heavy atom. The predicted molar refractivity (Wildman–Crippen MR) is 75.6 cm³/mol. The zero-order valence-electron chi connectivity index (χ0n) is 10.2. The third-order valence-electron chi connectivity index (χ3n) is 2.66. The van der Waals surface area contributed by atoms with E-state index in [0.29, 0.717) is 0 Å². The van der Waals surface area contributed by atoms with Gasteiger partial charge < -0.3 is 11.1 Å². The van der Waals surface area contributed by atoms with Crippen LogP contribution in [0.4, 0.5) is 34.6 Å². The van der Waals surface area contributed by atoms with Crippen molar-refractivity contribution in [3.8, 4) is 0 Å². The Hall–Kier alpha value is -1.66. The second kappa shape index (κ2) is 5.61. The summed E-state index contributed by atoms with van der Waals surface area (Å²) in [6.45, 7) is 0. The van der Waals surface area contributed by atoms with E-state index in [0.717, 1.165) is 24.3 Å². The largest absolute Gasteiger partial charge is 0.416 e. The molecular weight excluding hydrogens is 331 g/mol. The van der Waals surface area contributed by atoms with E-state index in [1.165, 1.54) is 6.07 Å². The SMILES string of the molecule is Nc1cc(F)c(Cl)cc1Nc1cc(C(F)(F)F)ccc1Cl. The summed E-state index contributed by atoms with van der Waals surface area (Å²) in [6.07, 6.45) is -4.51. The number of anilines is 3. The summed E-state index contributed by atoms with van der Waals surface area (Å²) in [5.74, 6) is -0.727. The summed E-state index contributed by atoms with van der Waals surface area (Å²) < 4.78 is 51.2. The fraction of sp³-hybridized carbons (Fsp3) is 0.0769. The van der Waals surface area contributed by atoms with Gasteiger partial charge in [-0.25, -0.2) is 4.39 Å². The van der Waals surface area contributed by atoms with Crippen LogP contribution >= 0.6 is 23.2 Å². The van der Waals surface area contributed by atoms with Gasteiger partial charge in [-0.2, -0.15) is 13.2 Å². The van der Waals surface area contributed by atoms with Crippen molar-refractivity contribution in [2.75, 3.05) is 11.1 Å². The molecule has 0 aromatic heterocycles. The van der Waals surface area contributed by atoms with Gasteiger partial charge in [-0.05, 0) is 24.3 Å². The van der Waals surface area contributed by atoms with Gasteiger partial charge in [-0.15, -0.1) is 0 Å². The molecular formula is C13H8Cl2F4N2. The van der Waals surface area contributed by atoms with Gasteiger partial charge in [0, 0.05) is 6.07 Å². The van der Waals surface area contributed by atoms with Crippen LogP contribution in [0.1, 0.15) is 5.56 Å². The molecule has 112 valence electrons. The lowest BCUT2D eigenvalue weighted by Gasteiger charge is -2.14. The van der Waals surface area contributed by atoms with Crippen molar-refractivity contribution in [2.24, 2.45) is 0 Å². The highest BCUT2D eigenvalue weighted by Gasteiger charge is 2.31. The van der Waals surface area contributed by atoms with Crippen LogP contribution in [0.3, 0.4) is 0 Å². The highest BCUT2D eigenvalue weighted by atomic mass is 35.5. The van der Waals surface area contributed by atoms with Crippen molar-refractivity contribution in [2.45, 2.75) is 6.18 Å². The topological polar surface area (TPSA) is 38.0 Å². The molecule has 0 amide bonds. The first-order chi connectivity index (χ1) is 9.68. The van der Waals surface area contributed by atoms with Crippen LogP contribution in [0.15, 0.2) is 30.3 Å². The zero-order chi connectivity index (χ0) is 15.8. The first-order valence-corrected chi connectivity index (χ1v) is 6.32. The van der Waals surface area contributed by atoms with Gasteiger partial charge in [0.05, 0.1) is 32.7 Å². The molecule has 3 N–H and O–H groups in total. The summed E-state index contributed by atoms with van der Waals surface area (Å²) in [4.78, 5) is 0. The van der Waals surface area contributed by atoms with Gasteiger partial charge >= 0.3 is 6.18 Å². The Morgan fingerprint density at radius 3 is 2.24 bits per heavy atom. The van der Waals surface area contributed by atoms with Gasteiger partial charge in [0.15, 0.2) is 0 Å². The summed E-state index contributed by atoms with van der Waals surface area (Å²) >= 11 is 11.5. The maximum absolute atomic E-state index is 13.2. The molecule has 2 aromatic carbocycles. The van der Waals surface area contributed by atoms with Gasteiger partial charge in [0.2, 0.25) is 0 Å². The summed E-state index contributed by atoms with van der Waals surface area (Å²) in [7, 11) is 0. The number of nitrogen functional groups attached to an aromatic ring is 1. The Morgan fingerprint density at radius 1 is 0.952 bits per heavy atom. The number of halogens is 6. The number of nitrogens with one attached hydrogen (secondary N) is 1. The van der Waals surface area contributed by atoms with E-state index in [2.05, 4.69) is 5.32 Å². The Labute approximate surface area is 127 Å². The number of hydrogen-bond donors (Lipinski definition) is 2. The third-order valence-corrected chi connectivity index (χ3v) is 3.27. The maximum atomic E-state index is 13.2. The molecule has 0 fully saturated rings. The van der Waals surface area contributed by atoms with E-state index in [1.807, 2.05) is 0 Å². The highest BCUT2D eigenvalue weighted by molar-refractivity contribution is 6.33. The standard InChI is InChI=1S/C13H8Cl2F4N2/c14-7-2-1-6(13(17,18)19)3-11(7)21-12-4-8(15)9(16)5-10(12)20/h1-5,21H,20H2. The van der Waals surface area contributed by atoms with Crippen molar-refractivity contribution >= 4 is 40.3 Å². The molecule has 21 heavy (non-hydrogen) atoms. The van der Waals surface area contributed by atoms with Crippen molar-refractivity contribution in [1.29, 1.82) is 0 Å². The second-order valence-electron chi connectivity index (χ2n) is 4.17. The minimum atomic E-state index is -4.51. The zero-order valence-corrected chi connectivity index (χ0v) is 11.7. The first-order valence-electron chi connectivity index (χ1n) is 5.57. The average Bonchev–Trinajstić information content (AvgIpc) is 2.37. The lowest BCUT2D eigenvalue weighted by Crippen LogP contribution is -2.06. The van der Waals surface area contributed by atoms with Crippen molar-refractivity contribution < 1.29 is 17.6 Å². The van der Waals surface area contributed by atoms with Crippen LogP contribution in [0, 0.1) is 5.82 Å². The molecule has 0 aliphatic heterocycles. The quantitative estimate of drug-likeness (QED) is 0.562. The van der Waals surface area contributed by atoms with Crippen LogP contribution in [0.5, 0.6) is 0 Å². The van der Waals surface area contributed by atoms with Gasteiger partial charge in [0.1, 0.15) is 5.82 Å². The normalized spacial score (nSPS) is 11.5. The monoisotopic (exact) mass is 338 g/mol. The molecule has 0 unspecified atom stereocenters. The van der Waals surface area contributed by atoms with E-state index < -0.39 is 17.6 Å². The van der Waals surface area contributed by atoms with Crippen LogP contribution in [0.25, 0.3) is 0 Å². The molecule has 0 atom stereocenters. The molecule has 0 heterocycles. The summed E-state index contributed by atoms with van der Waals surface area (Å²) in [6, 6.07) is 4.93. The predicted octanol–water partition coefficient (Wildman–Crippen LogP) is 5.48. The molecule has 0 saturated carbocycles. The van der Waals surface area contributed by atoms with Crippen LogP contribution < -0.4 is 11.1 Å². The molecule has 0 bridgehead atoms. The average molecular weight is 339 g/mol. The Balaban J connectivity index is 2.42. The van der Waals surface area contributed by atoms with E-state index in [9.17, 15) is 17.6 Å². The molecule has 8 heteroatoms. The van der Waals surface area contributed by atoms with E-state index in [4.69, 9.17) is 28.9 Å². The lowest BCUT2D eigenvalue weighted by atomic mass is 10.1. The number of rotatable bonds is 2. The molecule has 0 aliphatic carbocycles. The summed E-state index contributed by atoms with van der Waals surface area (Å²) in [5.41, 5.74) is 4.84. The molecule has 2 rings (SSSR count). The number of benzene rings is 2. The van der Waals surface area contributed by atoms with Crippen LogP contribution in [-0.4, -0.2) is 0 Å². The van der Waals surface area contributed by atoms with Gasteiger partial charge in [-0.3, -0.25) is 0 Å². The Bertz CT molecular complexity index is 687. The van der Waals surface area contributed by atoms with Gasteiger partial charge in [0.25, 0.3) is 0 Å². The molecule has 0 aliphatic rings. The molecule has 0 spiro atoms. The number of alkyl halides is 3. The van der Waals surface area contributed by atoms with Crippen LogP contribution in [-0.2, 0) is 6.18 Å². The molecule has 0 saturated heterocycles. The fourth-order valence-electron chi connectivity index (χ4n) is 1.61. The maximum Gasteiger partial charge on any atom is 0.416 e. The third kappa shape index (κ3) is 3.51. The summed E-state index contributed by atoms with van der Waals surface area (Å²) in [5, 5.41) is 2.46. The van der Waals surface area contributed by atoms with Crippen molar-refractivity contribution in [1.82, 2.24) is 0 Å². The smallest absolute Gasteiger partial charge is 0.397 e. The number of hydrogen-bond acceptors (Lipinski definition) is 2. The van der Waals surface area contributed by atoms with Gasteiger partial charge in [-0.1, -0.05) is 23.2 Å². The fourth-order valence-corrected chi connectivity index (χ4v) is 1.94.